The predicted octanol–water partition coefficient (Wildman–Crippen LogP) is 1.36. The molecular weight excluding hydrogens is 344 g/mol. The third-order valence-electron chi connectivity index (χ3n) is 4.09. The van der Waals surface area contributed by atoms with Crippen LogP contribution in [0.1, 0.15) is 37.3 Å². The molecule has 0 aliphatic carbocycles. The number of nitrogens with one attached hydrogen (secondary N) is 1. The van der Waals surface area contributed by atoms with Gasteiger partial charge in [-0.15, -0.1) is 0 Å². The highest BCUT2D eigenvalue weighted by Crippen LogP contribution is 2.29. The van der Waals surface area contributed by atoms with Gasteiger partial charge in [0.2, 0.25) is 15.9 Å². The lowest BCUT2D eigenvalue weighted by Gasteiger charge is -2.29. The third-order valence-corrected chi connectivity index (χ3v) is 5.42. The van der Waals surface area contributed by atoms with Crippen LogP contribution in [0.25, 0.3) is 0 Å². The van der Waals surface area contributed by atoms with Crippen LogP contribution in [0, 0.1) is 0 Å². The van der Waals surface area contributed by atoms with Gasteiger partial charge in [-0.25, -0.2) is 13.1 Å². The molecule has 1 aliphatic heterocycles. The van der Waals surface area contributed by atoms with E-state index in [-0.39, 0.29) is 24.6 Å². The Hall–Kier alpha value is -1.93. The Bertz CT molecular complexity index is 745. The van der Waals surface area contributed by atoms with Gasteiger partial charge in [-0.2, -0.15) is 0 Å². The number of carbonyl (C=O) groups excluding carboxylic acids is 2. The van der Waals surface area contributed by atoms with Crippen molar-refractivity contribution in [2.75, 3.05) is 24.3 Å². The molecule has 138 valence electrons. The van der Waals surface area contributed by atoms with Gasteiger partial charge >= 0.3 is 5.97 Å². The molecule has 1 aromatic rings. The van der Waals surface area contributed by atoms with E-state index in [9.17, 15) is 18.0 Å². The van der Waals surface area contributed by atoms with E-state index in [4.69, 9.17) is 0 Å². The van der Waals surface area contributed by atoms with Gasteiger partial charge in [0.1, 0.15) is 0 Å². The summed E-state index contributed by atoms with van der Waals surface area (Å²) in [6, 6.07) is 5.64. The number of fused-ring (bicyclic) bond motifs is 1. The number of benzene rings is 1. The first-order valence-electron chi connectivity index (χ1n) is 8.32. The fraction of sp³-hybridized carbons (Fsp3) is 0.529. The van der Waals surface area contributed by atoms with Crippen molar-refractivity contribution in [3.8, 4) is 0 Å². The molecule has 0 fully saturated rings. The molecule has 1 amide bonds. The molecule has 0 atom stereocenters. The highest BCUT2D eigenvalue weighted by molar-refractivity contribution is 7.89. The molecular formula is C17H24N2O5S. The van der Waals surface area contributed by atoms with E-state index in [0.29, 0.717) is 19.4 Å². The maximum atomic E-state index is 12.0. The number of anilines is 1. The Labute approximate surface area is 148 Å². The Kier molecular flexibility index (Phi) is 6.55. The van der Waals surface area contributed by atoms with Crippen LogP contribution in [0.2, 0.25) is 0 Å². The SMILES string of the molecule is CCCN1C(=O)CCc2cc(CNS(=O)(=O)CCC(=O)OC)ccc21. The summed E-state index contributed by atoms with van der Waals surface area (Å²) in [5, 5.41) is 0. The summed E-state index contributed by atoms with van der Waals surface area (Å²) >= 11 is 0. The van der Waals surface area contributed by atoms with Crippen molar-refractivity contribution in [1.29, 1.82) is 0 Å². The van der Waals surface area contributed by atoms with Crippen LogP contribution in [0.4, 0.5) is 5.69 Å². The number of ether oxygens (including phenoxy) is 1. The topological polar surface area (TPSA) is 92.8 Å². The van der Waals surface area contributed by atoms with Crippen molar-refractivity contribution in [3.05, 3.63) is 29.3 Å². The van der Waals surface area contributed by atoms with E-state index in [1.165, 1.54) is 7.11 Å². The Morgan fingerprint density at radius 3 is 2.76 bits per heavy atom. The van der Waals surface area contributed by atoms with Crippen LogP contribution in [0.5, 0.6) is 0 Å². The zero-order valence-electron chi connectivity index (χ0n) is 14.6. The third kappa shape index (κ3) is 5.27. The van der Waals surface area contributed by atoms with Crippen LogP contribution in [0.15, 0.2) is 18.2 Å². The average Bonchev–Trinajstić information content (AvgIpc) is 2.60. The summed E-state index contributed by atoms with van der Waals surface area (Å²) in [6.45, 7) is 2.86. The quantitative estimate of drug-likeness (QED) is 0.700. The normalized spacial score (nSPS) is 14.3. The first-order valence-corrected chi connectivity index (χ1v) is 9.98. The van der Waals surface area contributed by atoms with Gasteiger partial charge in [-0.3, -0.25) is 9.59 Å². The lowest BCUT2D eigenvalue weighted by molar-refractivity contribution is -0.140. The van der Waals surface area contributed by atoms with Crippen LogP contribution < -0.4 is 9.62 Å². The van der Waals surface area contributed by atoms with Gasteiger partial charge in [-0.05, 0) is 30.0 Å². The summed E-state index contributed by atoms with van der Waals surface area (Å²) in [5.74, 6) is -0.728. The molecule has 1 aliphatic rings. The number of hydrogen-bond acceptors (Lipinski definition) is 5. The van der Waals surface area contributed by atoms with Gasteiger partial charge in [0, 0.05) is 25.2 Å². The van der Waals surface area contributed by atoms with Crippen LogP contribution >= 0.6 is 0 Å². The van der Waals surface area contributed by atoms with E-state index >= 15 is 0 Å². The second-order valence-electron chi connectivity index (χ2n) is 5.97. The molecule has 0 saturated heterocycles. The largest absolute Gasteiger partial charge is 0.469 e. The maximum absolute atomic E-state index is 12.0. The molecule has 1 N–H and O–H groups in total. The summed E-state index contributed by atoms with van der Waals surface area (Å²) < 4.78 is 30.8. The molecule has 1 aromatic carbocycles. The second-order valence-corrected chi connectivity index (χ2v) is 7.90. The molecule has 0 aromatic heterocycles. The van der Waals surface area contributed by atoms with Crippen molar-refractivity contribution >= 4 is 27.6 Å². The first kappa shape index (κ1) is 19.4. The smallest absolute Gasteiger partial charge is 0.306 e. The Balaban J connectivity index is 2.03. The standard InChI is InChI=1S/C17H24N2O5S/c1-3-9-19-15-6-4-13(11-14(15)5-7-16(19)20)12-18-25(22,23)10-8-17(21)24-2/h4,6,11,18H,3,5,7-10,12H2,1-2H3. The molecule has 0 unspecified atom stereocenters. The van der Waals surface area contributed by atoms with Crippen LogP contribution in [-0.4, -0.2) is 39.7 Å². The zero-order valence-corrected chi connectivity index (χ0v) is 15.4. The van der Waals surface area contributed by atoms with E-state index in [2.05, 4.69) is 9.46 Å². The van der Waals surface area contributed by atoms with Crippen molar-refractivity contribution in [2.24, 2.45) is 0 Å². The molecule has 0 radical (unpaired) electrons. The number of carbonyl (C=O) groups is 2. The first-order chi connectivity index (χ1) is 11.9. The number of methoxy groups -OCH3 is 1. The van der Waals surface area contributed by atoms with Crippen LogP contribution in [0.3, 0.4) is 0 Å². The second kappa shape index (κ2) is 8.44. The summed E-state index contributed by atoms with van der Waals surface area (Å²) in [7, 11) is -2.33. The fourth-order valence-electron chi connectivity index (χ4n) is 2.78. The van der Waals surface area contributed by atoms with E-state index < -0.39 is 16.0 Å². The van der Waals surface area contributed by atoms with Crippen molar-refractivity contribution in [3.63, 3.8) is 0 Å². The van der Waals surface area contributed by atoms with Crippen molar-refractivity contribution in [1.82, 2.24) is 4.72 Å². The maximum Gasteiger partial charge on any atom is 0.306 e. The van der Waals surface area contributed by atoms with E-state index in [1.807, 2.05) is 25.1 Å². The van der Waals surface area contributed by atoms with E-state index in [1.54, 1.807) is 4.90 Å². The van der Waals surface area contributed by atoms with Gasteiger partial charge in [-0.1, -0.05) is 19.1 Å². The Morgan fingerprint density at radius 1 is 1.32 bits per heavy atom. The number of rotatable bonds is 8. The number of aryl methyl sites for hydroxylation is 1. The molecule has 1 heterocycles. The predicted molar refractivity (Wildman–Crippen MR) is 94.7 cm³/mol. The molecule has 7 nitrogen and oxygen atoms in total. The number of sulfonamides is 1. The van der Waals surface area contributed by atoms with Crippen molar-refractivity contribution < 1.29 is 22.7 Å². The molecule has 0 saturated carbocycles. The minimum atomic E-state index is -3.55. The number of esters is 1. The summed E-state index contributed by atoms with van der Waals surface area (Å²) in [4.78, 5) is 24.9. The fourth-order valence-corrected chi connectivity index (χ4v) is 3.74. The molecule has 0 bridgehead atoms. The van der Waals surface area contributed by atoms with Gasteiger partial charge in [0.05, 0.1) is 19.3 Å². The minimum Gasteiger partial charge on any atom is -0.469 e. The average molecular weight is 368 g/mol. The van der Waals surface area contributed by atoms with Gasteiger partial charge < -0.3 is 9.64 Å². The minimum absolute atomic E-state index is 0.130. The summed E-state index contributed by atoms with van der Waals surface area (Å²) in [6.07, 6.45) is 1.84. The van der Waals surface area contributed by atoms with Gasteiger partial charge in [0.15, 0.2) is 0 Å². The lowest BCUT2D eigenvalue weighted by atomic mass is 9.98. The highest BCUT2D eigenvalue weighted by Gasteiger charge is 2.23. The van der Waals surface area contributed by atoms with Crippen LogP contribution in [-0.2, 0) is 37.3 Å². The highest BCUT2D eigenvalue weighted by atomic mass is 32.2. The Morgan fingerprint density at radius 2 is 2.08 bits per heavy atom. The molecule has 25 heavy (non-hydrogen) atoms. The molecule has 8 heteroatoms. The molecule has 0 spiro atoms. The van der Waals surface area contributed by atoms with Gasteiger partial charge in [0.25, 0.3) is 0 Å². The van der Waals surface area contributed by atoms with Crippen molar-refractivity contribution in [2.45, 2.75) is 39.2 Å². The zero-order chi connectivity index (χ0) is 18.4. The lowest BCUT2D eigenvalue weighted by Crippen LogP contribution is -2.35. The molecule has 2 rings (SSSR count). The van der Waals surface area contributed by atoms with E-state index in [0.717, 1.165) is 23.2 Å². The monoisotopic (exact) mass is 368 g/mol. The number of nitrogens with zero attached hydrogens (tertiary/aromatic N) is 1. The summed E-state index contributed by atoms with van der Waals surface area (Å²) in [5.41, 5.74) is 2.79. The number of hydrogen-bond donors (Lipinski definition) is 1. The number of amides is 1.